The molecule has 1 heterocycles. The maximum Gasteiger partial charge on any atom is 0.174 e. The maximum atomic E-state index is 8.60. The fourth-order valence-corrected chi connectivity index (χ4v) is 2.17. The molecule has 21 heavy (non-hydrogen) atoms. The number of nitrogens with one attached hydrogen (secondary N) is 1. The number of nitriles is 1. The van der Waals surface area contributed by atoms with Crippen molar-refractivity contribution in [3.63, 3.8) is 0 Å². The Morgan fingerprint density at radius 3 is 2.76 bits per heavy atom. The molecule has 0 bridgehead atoms. The van der Waals surface area contributed by atoms with Gasteiger partial charge in [-0.1, -0.05) is 31.2 Å². The average Bonchev–Trinajstić information content (AvgIpc) is 2.54. The van der Waals surface area contributed by atoms with Crippen molar-refractivity contribution in [1.29, 1.82) is 5.26 Å². The molecule has 0 aliphatic rings. The Kier molecular flexibility index (Phi) is 5.74. The first-order chi connectivity index (χ1) is 10.3. The SMILES string of the molecule is CCc1cccnc1CNCc1ccccc1OCC#N. The molecule has 4 nitrogen and oxygen atoms in total. The number of benzene rings is 1. The van der Waals surface area contributed by atoms with Gasteiger partial charge in [0.05, 0.1) is 5.69 Å². The largest absolute Gasteiger partial charge is 0.478 e. The van der Waals surface area contributed by atoms with Gasteiger partial charge in [0.15, 0.2) is 6.61 Å². The van der Waals surface area contributed by atoms with Crippen LogP contribution in [0.4, 0.5) is 0 Å². The van der Waals surface area contributed by atoms with Crippen LogP contribution in [0, 0.1) is 11.3 Å². The van der Waals surface area contributed by atoms with E-state index in [2.05, 4.69) is 23.3 Å². The van der Waals surface area contributed by atoms with E-state index < -0.39 is 0 Å². The summed E-state index contributed by atoms with van der Waals surface area (Å²) in [4.78, 5) is 4.42. The minimum absolute atomic E-state index is 0.0667. The molecule has 108 valence electrons. The number of rotatable bonds is 7. The number of para-hydroxylation sites is 1. The van der Waals surface area contributed by atoms with Gasteiger partial charge >= 0.3 is 0 Å². The second-order valence-electron chi connectivity index (χ2n) is 4.62. The van der Waals surface area contributed by atoms with Crippen molar-refractivity contribution in [3.05, 3.63) is 59.4 Å². The van der Waals surface area contributed by atoms with Crippen LogP contribution in [0.5, 0.6) is 5.75 Å². The van der Waals surface area contributed by atoms with E-state index >= 15 is 0 Å². The Bertz CT molecular complexity index is 619. The second-order valence-corrected chi connectivity index (χ2v) is 4.62. The van der Waals surface area contributed by atoms with E-state index in [1.165, 1.54) is 5.56 Å². The topological polar surface area (TPSA) is 57.9 Å². The summed E-state index contributed by atoms with van der Waals surface area (Å²) in [5.74, 6) is 0.753. The molecule has 0 unspecified atom stereocenters. The maximum absolute atomic E-state index is 8.60. The van der Waals surface area contributed by atoms with Crippen molar-refractivity contribution in [2.24, 2.45) is 0 Å². The molecule has 0 aliphatic carbocycles. The molecular formula is C17H19N3O. The van der Waals surface area contributed by atoms with Gasteiger partial charge in [0.2, 0.25) is 0 Å². The smallest absolute Gasteiger partial charge is 0.174 e. The summed E-state index contributed by atoms with van der Waals surface area (Å²) in [7, 11) is 0. The molecule has 4 heteroatoms. The molecular weight excluding hydrogens is 262 g/mol. The Morgan fingerprint density at radius 2 is 1.95 bits per heavy atom. The van der Waals surface area contributed by atoms with Crippen molar-refractivity contribution in [2.45, 2.75) is 26.4 Å². The number of ether oxygens (including phenoxy) is 1. The predicted molar refractivity (Wildman–Crippen MR) is 81.7 cm³/mol. The first-order valence-corrected chi connectivity index (χ1v) is 7.06. The summed E-state index contributed by atoms with van der Waals surface area (Å²) in [6.45, 7) is 3.60. The van der Waals surface area contributed by atoms with Crippen LogP contribution < -0.4 is 10.1 Å². The lowest BCUT2D eigenvalue weighted by atomic mass is 10.1. The van der Waals surface area contributed by atoms with E-state index in [0.717, 1.165) is 30.0 Å². The standard InChI is InChI=1S/C17H19N3O/c1-2-14-7-5-10-20-16(14)13-19-12-15-6-3-4-8-17(15)21-11-9-18/h3-8,10,19H,2,11-13H2,1H3. The molecule has 0 fully saturated rings. The van der Waals surface area contributed by atoms with Crippen molar-refractivity contribution < 1.29 is 4.74 Å². The number of pyridine rings is 1. The summed E-state index contributed by atoms with van der Waals surface area (Å²) in [5.41, 5.74) is 3.39. The fraction of sp³-hybridized carbons (Fsp3) is 0.294. The van der Waals surface area contributed by atoms with Gasteiger partial charge in [-0.05, 0) is 24.1 Å². The molecule has 0 amide bonds. The number of aryl methyl sites for hydroxylation is 1. The van der Waals surface area contributed by atoms with E-state index in [9.17, 15) is 0 Å². The van der Waals surface area contributed by atoms with Gasteiger partial charge in [-0.3, -0.25) is 4.98 Å². The Morgan fingerprint density at radius 1 is 1.14 bits per heavy atom. The zero-order valence-corrected chi connectivity index (χ0v) is 12.2. The van der Waals surface area contributed by atoms with E-state index in [0.29, 0.717) is 6.54 Å². The number of hydrogen-bond donors (Lipinski definition) is 1. The van der Waals surface area contributed by atoms with Crippen molar-refractivity contribution in [3.8, 4) is 11.8 Å². The van der Waals surface area contributed by atoms with E-state index in [4.69, 9.17) is 10.00 Å². The summed E-state index contributed by atoms with van der Waals surface area (Å²) in [6.07, 6.45) is 2.80. The van der Waals surface area contributed by atoms with Gasteiger partial charge in [-0.25, -0.2) is 0 Å². The van der Waals surface area contributed by atoms with Crippen LogP contribution >= 0.6 is 0 Å². The molecule has 0 spiro atoms. The van der Waals surface area contributed by atoms with Crippen molar-refractivity contribution in [2.75, 3.05) is 6.61 Å². The minimum atomic E-state index is 0.0667. The second kappa shape index (κ2) is 8.03. The normalized spacial score (nSPS) is 10.1. The molecule has 0 saturated carbocycles. The highest BCUT2D eigenvalue weighted by Crippen LogP contribution is 2.17. The highest BCUT2D eigenvalue weighted by Gasteiger charge is 2.04. The van der Waals surface area contributed by atoms with Crippen LogP contribution in [0.15, 0.2) is 42.6 Å². The fourth-order valence-electron chi connectivity index (χ4n) is 2.17. The van der Waals surface area contributed by atoms with Gasteiger partial charge in [-0.2, -0.15) is 5.26 Å². The van der Waals surface area contributed by atoms with Gasteiger partial charge in [0.25, 0.3) is 0 Å². The summed E-state index contributed by atoms with van der Waals surface area (Å²) in [6, 6.07) is 13.8. The summed E-state index contributed by atoms with van der Waals surface area (Å²) >= 11 is 0. The van der Waals surface area contributed by atoms with Crippen LogP contribution in [0.25, 0.3) is 0 Å². The van der Waals surface area contributed by atoms with Gasteiger partial charge in [0, 0.05) is 24.8 Å². The summed E-state index contributed by atoms with van der Waals surface area (Å²) in [5, 5.41) is 12.0. The van der Waals surface area contributed by atoms with E-state index in [-0.39, 0.29) is 6.61 Å². The molecule has 2 aromatic rings. The molecule has 0 radical (unpaired) electrons. The average molecular weight is 281 g/mol. The third-order valence-electron chi connectivity index (χ3n) is 3.24. The highest BCUT2D eigenvalue weighted by molar-refractivity contribution is 5.33. The first kappa shape index (κ1) is 15.0. The molecule has 1 aromatic heterocycles. The molecule has 0 saturated heterocycles. The quantitative estimate of drug-likeness (QED) is 0.848. The first-order valence-electron chi connectivity index (χ1n) is 7.06. The Balaban J connectivity index is 1.96. The number of nitrogens with zero attached hydrogens (tertiary/aromatic N) is 2. The van der Waals surface area contributed by atoms with Gasteiger partial charge in [0.1, 0.15) is 11.8 Å². The lowest BCUT2D eigenvalue weighted by Crippen LogP contribution is -2.15. The van der Waals surface area contributed by atoms with E-state index in [1.54, 1.807) is 0 Å². The predicted octanol–water partition coefficient (Wildman–Crippen LogP) is 2.84. The van der Waals surface area contributed by atoms with Crippen LogP contribution in [0.2, 0.25) is 0 Å². The molecule has 1 aromatic carbocycles. The van der Waals surface area contributed by atoms with Crippen LogP contribution in [-0.4, -0.2) is 11.6 Å². The zero-order chi connectivity index (χ0) is 14.9. The number of hydrogen-bond acceptors (Lipinski definition) is 4. The lowest BCUT2D eigenvalue weighted by molar-refractivity contribution is 0.362. The van der Waals surface area contributed by atoms with Crippen molar-refractivity contribution >= 4 is 0 Å². The lowest BCUT2D eigenvalue weighted by Gasteiger charge is -2.11. The molecule has 0 aliphatic heterocycles. The Labute approximate surface area is 125 Å². The van der Waals surface area contributed by atoms with Crippen LogP contribution in [0.3, 0.4) is 0 Å². The third kappa shape index (κ3) is 4.30. The Hall–Kier alpha value is -2.38. The number of aromatic nitrogens is 1. The van der Waals surface area contributed by atoms with E-state index in [1.807, 2.05) is 42.6 Å². The minimum Gasteiger partial charge on any atom is -0.478 e. The van der Waals surface area contributed by atoms with Crippen molar-refractivity contribution in [1.82, 2.24) is 10.3 Å². The third-order valence-corrected chi connectivity index (χ3v) is 3.24. The van der Waals surface area contributed by atoms with Crippen LogP contribution in [-0.2, 0) is 19.5 Å². The van der Waals surface area contributed by atoms with Crippen LogP contribution in [0.1, 0.15) is 23.7 Å². The molecule has 0 atom stereocenters. The molecule has 1 N–H and O–H groups in total. The monoisotopic (exact) mass is 281 g/mol. The highest BCUT2D eigenvalue weighted by atomic mass is 16.5. The van der Waals surface area contributed by atoms with Gasteiger partial charge in [-0.15, -0.1) is 0 Å². The summed E-state index contributed by atoms with van der Waals surface area (Å²) < 4.78 is 5.42. The molecule has 2 rings (SSSR count). The van der Waals surface area contributed by atoms with Gasteiger partial charge < -0.3 is 10.1 Å². The zero-order valence-electron chi connectivity index (χ0n) is 12.2.